The van der Waals surface area contributed by atoms with Crippen LogP contribution in [0.1, 0.15) is 35.7 Å². The normalized spacial score (nSPS) is 20.4. The summed E-state index contributed by atoms with van der Waals surface area (Å²) in [4.78, 5) is 39.7. The first-order valence-electron chi connectivity index (χ1n) is 11.6. The van der Waals surface area contributed by atoms with Crippen molar-refractivity contribution in [2.45, 2.75) is 19.8 Å². The Kier molecular flexibility index (Phi) is 5.93. The summed E-state index contributed by atoms with van der Waals surface area (Å²) >= 11 is 0. The molecule has 0 saturated carbocycles. The van der Waals surface area contributed by atoms with E-state index in [0.29, 0.717) is 28.4 Å². The van der Waals surface area contributed by atoms with Crippen LogP contribution in [0.2, 0.25) is 0 Å². The summed E-state index contributed by atoms with van der Waals surface area (Å²) in [6, 6.07) is 24.3. The zero-order chi connectivity index (χ0) is 25.4. The average Bonchev–Trinajstić information content (AvgIpc) is 3.36. The lowest BCUT2D eigenvalue weighted by Gasteiger charge is -2.30. The van der Waals surface area contributed by atoms with Crippen molar-refractivity contribution in [3.8, 4) is 0 Å². The van der Waals surface area contributed by atoms with Crippen molar-refractivity contribution in [1.29, 1.82) is 0 Å². The molecule has 0 aromatic heterocycles. The molecule has 0 spiro atoms. The standard InChI is InChI=1S/C28H24N4O4/c1-17-23(26(33)31(29-17)19-11-5-3-6-12-19)25(21-15-9-10-16-22(21)28(35)36)24-18(2)30-32(27(24)34)20-13-7-4-8-14-20/h3-16,23-25H,1-2H3,(H,35,36)/p-1. The molecule has 0 fully saturated rings. The molecule has 180 valence electrons. The number of amides is 2. The summed E-state index contributed by atoms with van der Waals surface area (Å²) in [6.07, 6.45) is 0. The largest absolute Gasteiger partial charge is 0.545 e. The maximum atomic E-state index is 13.8. The number of nitrogens with zero attached hydrogens (tertiary/aromatic N) is 4. The lowest BCUT2D eigenvalue weighted by atomic mass is 9.71. The zero-order valence-electron chi connectivity index (χ0n) is 19.7. The number of carbonyl (C=O) groups is 3. The van der Waals surface area contributed by atoms with Crippen molar-refractivity contribution in [3.63, 3.8) is 0 Å². The van der Waals surface area contributed by atoms with Gasteiger partial charge in [-0.05, 0) is 43.7 Å². The Bertz CT molecular complexity index is 1320. The third-order valence-electron chi connectivity index (χ3n) is 6.62. The number of rotatable bonds is 6. The molecule has 0 saturated heterocycles. The van der Waals surface area contributed by atoms with Gasteiger partial charge in [0.25, 0.3) is 11.8 Å². The van der Waals surface area contributed by atoms with Gasteiger partial charge in [0, 0.05) is 22.9 Å². The maximum Gasteiger partial charge on any atom is 0.256 e. The molecule has 0 radical (unpaired) electrons. The molecular formula is C28H23N4O4-. The molecule has 3 aromatic carbocycles. The minimum absolute atomic E-state index is 0.0694. The first kappa shape index (κ1) is 23.2. The van der Waals surface area contributed by atoms with E-state index in [1.165, 1.54) is 16.1 Å². The highest BCUT2D eigenvalue weighted by atomic mass is 16.4. The van der Waals surface area contributed by atoms with Crippen molar-refractivity contribution in [2.24, 2.45) is 22.0 Å². The smallest absolute Gasteiger partial charge is 0.256 e. The second kappa shape index (κ2) is 9.22. The Morgan fingerprint density at radius 2 is 1.14 bits per heavy atom. The van der Waals surface area contributed by atoms with Crippen molar-refractivity contribution >= 4 is 40.6 Å². The Hall–Kier alpha value is -4.59. The third-order valence-corrected chi connectivity index (χ3v) is 6.62. The minimum atomic E-state index is -1.38. The average molecular weight is 480 g/mol. The number of carbonyl (C=O) groups excluding carboxylic acids is 3. The summed E-state index contributed by atoms with van der Waals surface area (Å²) in [5.41, 5.74) is 2.42. The second-order valence-electron chi connectivity index (χ2n) is 8.81. The molecule has 0 N–H and O–H groups in total. The minimum Gasteiger partial charge on any atom is -0.545 e. The monoisotopic (exact) mass is 479 g/mol. The number of anilines is 2. The number of hydrogen-bond acceptors (Lipinski definition) is 6. The predicted molar refractivity (Wildman–Crippen MR) is 135 cm³/mol. The molecule has 2 amide bonds. The Morgan fingerprint density at radius 3 is 1.58 bits per heavy atom. The van der Waals surface area contributed by atoms with Crippen LogP contribution in [0.15, 0.2) is 95.1 Å². The lowest BCUT2D eigenvalue weighted by Crippen LogP contribution is -2.41. The van der Waals surface area contributed by atoms with Crippen LogP contribution in [0.25, 0.3) is 0 Å². The molecule has 2 heterocycles. The van der Waals surface area contributed by atoms with E-state index < -0.39 is 23.7 Å². The number of carboxylic acids is 1. The van der Waals surface area contributed by atoms with Crippen molar-refractivity contribution < 1.29 is 19.5 Å². The van der Waals surface area contributed by atoms with Gasteiger partial charge in [0.1, 0.15) is 0 Å². The number of aromatic carboxylic acids is 1. The van der Waals surface area contributed by atoms with Gasteiger partial charge in [-0.2, -0.15) is 10.2 Å². The Balaban J connectivity index is 1.63. The molecule has 8 heteroatoms. The van der Waals surface area contributed by atoms with Gasteiger partial charge in [-0.3, -0.25) is 9.59 Å². The van der Waals surface area contributed by atoms with E-state index >= 15 is 0 Å². The molecule has 5 rings (SSSR count). The molecular weight excluding hydrogens is 456 g/mol. The highest BCUT2D eigenvalue weighted by Gasteiger charge is 2.50. The Labute approximate surface area is 208 Å². The van der Waals surface area contributed by atoms with Crippen LogP contribution in [0, 0.1) is 11.8 Å². The highest BCUT2D eigenvalue weighted by Crippen LogP contribution is 2.43. The summed E-state index contributed by atoms with van der Waals surface area (Å²) in [6.45, 7) is 3.45. The van der Waals surface area contributed by atoms with Crippen molar-refractivity contribution in [3.05, 3.63) is 96.1 Å². The number of hydrogen-bond donors (Lipinski definition) is 0. The van der Waals surface area contributed by atoms with Gasteiger partial charge < -0.3 is 9.90 Å². The molecule has 8 nitrogen and oxygen atoms in total. The van der Waals surface area contributed by atoms with Crippen LogP contribution >= 0.6 is 0 Å². The molecule has 2 unspecified atom stereocenters. The topological polar surface area (TPSA) is 105 Å². The summed E-state index contributed by atoms with van der Waals surface area (Å²) in [5, 5.41) is 23.7. The molecule has 36 heavy (non-hydrogen) atoms. The fourth-order valence-electron chi connectivity index (χ4n) is 5.02. The van der Waals surface area contributed by atoms with Gasteiger partial charge in [0.2, 0.25) is 0 Å². The van der Waals surface area contributed by atoms with Crippen molar-refractivity contribution in [1.82, 2.24) is 0 Å². The summed E-state index contributed by atoms with van der Waals surface area (Å²) in [5.74, 6) is -4.66. The fraction of sp³-hybridized carbons (Fsp3) is 0.179. The lowest BCUT2D eigenvalue weighted by molar-refractivity contribution is -0.255. The van der Waals surface area contributed by atoms with E-state index in [-0.39, 0.29) is 17.4 Å². The molecule has 2 atom stereocenters. The first-order chi connectivity index (χ1) is 17.4. The summed E-state index contributed by atoms with van der Waals surface area (Å²) in [7, 11) is 0. The van der Waals surface area contributed by atoms with Crippen molar-refractivity contribution in [2.75, 3.05) is 10.0 Å². The quantitative estimate of drug-likeness (QED) is 0.541. The van der Waals surface area contributed by atoms with Crippen LogP contribution in [0.4, 0.5) is 11.4 Å². The van der Waals surface area contributed by atoms with Gasteiger partial charge in [0.15, 0.2) is 0 Å². The van der Waals surface area contributed by atoms with Gasteiger partial charge in [0.05, 0.1) is 29.2 Å². The van der Waals surface area contributed by atoms with Crippen LogP contribution < -0.4 is 15.1 Å². The van der Waals surface area contributed by atoms with Gasteiger partial charge >= 0.3 is 0 Å². The molecule has 2 aliphatic heterocycles. The number of carboxylic acid groups (broad SMARTS) is 1. The fourth-order valence-corrected chi connectivity index (χ4v) is 5.02. The van der Waals surface area contributed by atoms with E-state index in [0.717, 1.165) is 0 Å². The summed E-state index contributed by atoms with van der Waals surface area (Å²) < 4.78 is 0. The Morgan fingerprint density at radius 1 is 0.722 bits per heavy atom. The van der Waals surface area contributed by atoms with Gasteiger partial charge in [-0.25, -0.2) is 10.0 Å². The van der Waals surface area contributed by atoms with Crippen LogP contribution in [-0.2, 0) is 9.59 Å². The number of benzene rings is 3. The number of para-hydroxylation sites is 2. The van der Waals surface area contributed by atoms with E-state index in [4.69, 9.17) is 0 Å². The SMILES string of the molecule is CC1=NN(c2ccccc2)C(=O)C1C(c1ccccc1C(=O)[O-])C1C(=O)N(c2ccccc2)N=C1C. The van der Waals surface area contributed by atoms with Crippen LogP contribution in [0.5, 0.6) is 0 Å². The third kappa shape index (κ3) is 3.86. The van der Waals surface area contributed by atoms with E-state index in [9.17, 15) is 19.5 Å². The molecule has 3 aromatic rings. The van der Waals surface area contributed by atoms with Crippen LogP contribution in [0.3, 0.4) is 0 Å². The highest BCUT2D eigenvalue weighted by molar-refractivity contribution is 6.20. The molecule has 0 bridgehead atoms. The van der Waals surface area contributed by atoms with E-state index in [2.05, 4.69) is 10.2 Å². The molecule has 2 aliphatic rings. The second-order valence-corrected chi connectivity index (χ2v) is 8.81. The zero-order valence-corrected chi connectivity index (χ0v) is 19.7. The van der Waals surface area contributed by atoms with Gasteiger partial charge in [-0.15, -0.1) is 0 Å². The molecule has 0 aliphatic carbocycles. The van der Waals surface area contributed by atoms with Crippen LogP contribution in [-0.4, -0.2) is 29.2 Å². The first-order valence-corrected chi connectivity index (χ1v) is 11.6. The van der Waals surface area contributed by atoms with Gasteiger partial charge in [-0.1, -0.05) is 60.7 Å². The maximum absolute atomic E-state index is 13.8. The predicted octanol–water partition coefficient (Wildman–Crippen LogP) is 3.21. The van der Waals surface area contributed by atoms with E-state index in [1.54, 1.807) is 80.6 Å². The van der Waals surface area contributed by atoms with E-state index in [1.807, 2.05) is 12.1 Å². The number of hydrazone groups is 2.